The summed E-state index contributed by atoms with van der Waals surface area (Å²) in [5.74, 6) is -1.49. The highest BCUT2D eigenvalue weighted by molar-refractivity contribution is 9.10. The number of halogens is 4. The Hall–Kier alpha value is -1.85. The van der Waals surface area contributed by atoms with Crippen molar-refractivity contribution in [1.82, 2.24) is 19.8 Å². The smallest absolute Gasteiger partial charge is 0.319 e. The van der Waals surface area contributed by atoms with Crippen LogP contribution in [0.2, 0.25) is 0 Å². The summed E-state index contributed by atoms with van der Waals surface area (Å²) in [5, 5.41) is 0.157. The van der Waals surface area contributed by atoms with E-state index in [9.17, 15) is 4.39 Å². The van der Waals surface area contributed by atoms with Crippen molar-refractivity contribution in [3.05, 3.63) is 16.1 Å². The van der Waals surface area contributed by atoms with E-state index in [2.05, 4.69) is 35.7 Å². The summed E-state index contributed by atoms with van der Waals surface area (Å²) in [6, 6.07) is -0.0140. The molecule has 3 aliphatic rings. The Morgan fingerprint density at radius 1 is 1.11 bits per heavy atom. The molecule has 7 nitrogen and oxygen atoms in total. The van der Waals surface area contributed by atoms with Gasteiger partial charge in [0, 0.05) is 32.1 Å². The minimum Gasteiger partial charge on any atom is -0.493 e. The molecule has 3 heterocycles. The highest BCUT2D eigenvalue weighted by atomic mass is 79.9. The number of nitrogens with zero attached hydrogens (tertiary/aromatic N) is 5. The molecule has 0 spiro atoms. The molecule has 1 saturated carbocycles. The third-order valence-electron chi connectivity index (χ3n) is 8.45. The number of ether oxygens (including phenoxy) is 2. The van der Waals surface area contributed by atoms with Crippen LogP contribution in [0.5, 0.6) is 11.8 Å². The van der Waals surface area contributed by atoms with Gasteiger partial charge >= 0.3 is 6.01 Å². The lowest BCUT2D eigenvalue weighted by atomic mass is 9.75. The third kappa shape index (κ3) is 4.11. The summed E-state index contributed by atoms with van der Waals surface area (Å²) < 4.78 is 55.7. The van der Waals surface area contributed by atoms with Crippen LogP contribution in [-0.2, 0) is 0 Å². The van der Waals surface area contributed by atoms with Crippen LogP contribution >= 0.6 is 15.9 Å². The standard InChI is InChI=1S/C25H33BrF3N5O2/c1-32(2)24(7-5-8-24)13-33(3)22-16-20(18(28)17(26)19(29)21(16)35-4)30-23(31-22)36-14-25-9-6-10-34(25)12-15(27)11-25/h15H,5-14H2,1-4H3/t15-,25?/m1/s1. The fourth-order valence-corrected chi connectivity index (χ4v) is 6.60. The zero-order valence-corrected chi connectivity index (χ0v) is 22.8. The van der Waals surface area contributed by atoms with Gasteiger partial charge in [0.05, 0.1) is 22.5 Å². The lowest BCUT2D eigenvalue weighted by Gasteiger charge is -2.49. The molecule has 3 fully saturated rings. The van der Waals surface area contributed by atoms with Gasteiger partial charge in [0.2, 0.25) is 0 Å². The quantitative estimate of drug-likeness (QED) is 0.431. The first kappa shape index (κ1) is 25.8. The van der Waals surface area contributed by atoms with Crippen molar-refractivity contribution in [3.63, 3.8) is 0 Å². The van der Waals surface area contributed by atoms with Gasteiger partial charge in [-0.15, -0.1) is 0 Å². The highest BCUT2D eigenvalue weighted by Crippen LogP contribution is 2.44. The minimum atomic E-state index is -0.890. The second-order valence-electron chi connectivity index (χ2n) is 10.7. The first-order chi connectivity index (χ1) is 17.1. The molecule has 1 aliphatic carbocycles. The van der Waals surface area contributed by atoms with Gasteiger partial charge in [0.25, 0.3) is 0 Å². The molecule has 0 amide bonds. The molecule has 2 atom stereocenters. The van der Waals surface area contributed by atoms with Gasteiger partial charge in [-0.25, -0.2) is 13.2 Å². The molecular formula is C25H33BrF3N5O2. The minimum absolute atomic E-state index is 0.0140. The SMILES string of the molecule is COc1c(F)c(Br)c(F)c2nc(OCC34CCCN3C[C@H](F)C4)nc(N(C)CC3(N(C)C)CCC3)c12. The van der Waals surface area contributed by atoms with E-state index in [-0.39, 0.29) is 39.3 Å². The van der Waals surface area contributed by atoms with Crippen LogP contribution < -0.4 is 14.4 Å². The van der Waals surface area contributed by atoms with E-state index in [4.69, 9.17) is 9.47 Å². The number of methoxy groups -OCH3 is 1. The Morgan fingerprint density at radius 2 is 1.86 bits per heavy atom. The van der Waals surface area contributed by atoms with E-state index in [1.54, 1.807) is 0 Å². The zero-order chi connectivity index (χ0) is 25.8. The molecule has 0 N–H and O–H groups in total. The van der Waals surface area contributed by atoms with E-state index in [1.165, 1.54) is 7.11 Å². The summed E-state index contributed by atoms with van der Waals surface area (Å²) in [4.78, 5) is 15.2. The molecule has 2 saturated heterocycles. The average Bonchev–Trinajstić information content (AvgIpc) is 3.34. The van der Waals surface area contributed by atoms with Crippen molar-refractivity contribution in [2.45, 2.75) is 55.8 Å². The van der Waals surface area contributed by atoms with Gasteiger partial charge < -0.3 is 19.3 Å². The van der Waals surface area contributed by atoms with Crippen LogP contribution in [-0.4, -0.2) is 91.5 Å². The summed E-state index contributed by atoms with van der Waals surface area (Å²) in [6.07, 6.45) is 4.48. The third-order valence-corrected chi connectivity index (χ3v) is 9.15. The topological polar surface area (TPSA) is 54.0 Å². The molecule has 1 unspecified atom stereocenters. The number of likely N-dealkylation sites (N-methyl/N-ethyl adjacent to an activating group) is 2. The van der Waals surface area contributed by atoms with Crippen molar-refractivity contribution < 1.29 is 22.6 Å². The van der Waals surface area contributed by atoms with Crippen LogP contribution in [0.1, 0.15) is 38.5 Å². The first-order valence-corrected chi connectivity index (χ1v) is 13.2. The van der Waals surface area contributed by atoms with Crippen molar-refractivity contribution in [3.8, 4) is 11.8 Å². The Bertz CT molecular complexity index is 1160. The van der Waals surface area contributed by atoms with Gasteiger partial charge in [-0.2, -0.15) is 9.97 Å². The van der Waals surface area contributed by atoms with Gasteiger partial charge in [0.15, 0.2) is 17.4 Å². The van der Waals surface area contributed by atoms with Gasteiger partial charge in [-0.05, 0) is 68.7 Å². The molecule has 5 rings (SSSR count). The van der Waals surface area contributed by atoms with Crippen molar-refractivity contribution >= 4 is 32.7 Å². The predicted octanol–water partition coefficient (Wildman–Crippen LogP) is 4.55. The highest BCUT2D eigenvalue weighted by Gasteiger charge is 2.49. The van der Waals surface area contributed by atoms with Crippen LogP contribution in [0, 0.1) is 11.6 Å². The molecular weight excluding hydrogens is 539 g/mol. The Morgan fingerprint density at radius 3 is 2.50 bits per heavy atom. The molecule has 2 aromatic rings. The first-order valence-electron chi connectivity index (χ1n) is 12.4. The maximum Gasteiger partial charge on any atom is 0.319 e. The normalized spacial score (nSPS) is 25.3. The number of hydrogen-bond acceptors (Lipinski definition) is 7. The Labute approximate surface area is 218 Å². The number of alkyl halides is 1. The largest absolute Gasteiger partial charge is 0.493 e. The van der Waals surface area contributed by atoms with E-state index in [1.807, 2.05) is 26.0 Å². The molecule has 0 radical (unpaired) electrons. The second-order valence-corrected chi connectivity index (χ2v) is 11.5. The average molecular weight is 572 g/mol. The predicted molar refractivity (Wildman–Crippen MR) is 136 cm³/mol. The Balaban J connectivity index is 1.57. The molecule has 2 aliphatic heterocycles. The summed E-state index contributed by atoms with van der Waals surface area (Å²) in [6.45, 7) is 2.06. The van der Waals surface area contributed by atoms with Crippen LogP contribution in [0.3, 0.4) is 0 Å². The zero-order valence-electron chi connectivity index (χ0n) is 21.2. The van der Waals surface area contributed by atoms with Crippen molar-refractivity contribution in [2.24, 2.45) is 0 Å². The number of hydrogen-bond donors (Lipinski definition) is 0. The van der Waals surface area contributed by atoms with E-state index in [0.717, 1.165) is 38.6 Å². The van der Waals surface area contributed by atoms with Crippen molar-refractivity contribution in [1.29, 1.82) is 0 Å². The van der Waals surface area contributed by atoms with E-state index >= 15 is 8.78 Å². The number of fused-ring (bicyclic) bond motifs is 2. The van der Waals surface area contributed by atoms with Crippen LogP contribution in [0.4, 0.5) is 19.0 Å². The van der Waals surface area contributed by atoms with E-state index < -0.39 is 23.3 Å². The van der Waals surface area contributed by atoms with Crippen LogP contribution in [0.15, 0.2) is 4.47 Å². The van der Waals surface area contributed by atoms with Crippen LogP contribution in [0.25, 0.3) is 10.9 Å². The molecule has 198 valence electrons. The maximum atomic E-state index is 15.4. The number of benzene rings is 1. The van der Waals surface area contributed by atoms with Gasteiger partial charge in [-0.1, -0.05) is 0 Å². The summed E-state index contributed by atoms with van der Waals surface area (Å²) >= 11 is 3.00. The van der Waals surface area contributed by atoms with Gasteiger partial charge in [0.1, 0.15) is 24.1 Å². The van der Waals surface area contributed by atoms with E-state index in [0.29, 0.717) is 25.3 Å². The summed E-state index contributed by atoms with van der Waals surface area (Å²) in [7, 11) is 7.28. The number of rotatable bonds is 8. The van der Waals surface area contributed by atoms with Gasteiger partial charge in [-0.3, -0.25) is 4.90 Å². The molecule has 36 heavy (non-hydrogen) atoms. The van der Waals surface area contributed by atoms with Crippen molar-refractivity contribution in [2.75, 3.05) is 59.4 Å². The second kappa shape index (κ2) is 9.47. The lowest BCUT2D eigenvalue weighted by Crippen LogP contribution is -2.56. The summed E-state index contributed by atoms with van der Waals surface area (Å²) in [5.41, 5.74) is -0.546. The fraction of sp³-hybridized carbons (Fsp3) is 0.680. The maximum absolute atomic E-state index is 15.4. The Kier molecular flexibility index (Phi) is 6.78. The molecule has 0 bridgehead atoms. The lowest BCUT2D eigenvalue weighted by molar-refractivity contribution is 0.0681. The monoisotopic (exact) mass is 571 g/mol. The fourth-order valence-electron chi connectivity index (χ4n) is 6.23. The molecule has 11 heteroatoms. The number of aromatic nitrogens is 2. The number of anilines is 1. The molecule has 1 aromatic carbocycles. The molecule has 1 aromatic heterocycles.